The Bertz CT molecular complexity index is 1320. The van der Waals surface area contributed by atoms with Crippen molar-refractivity contribution in [2.24, 2.45) is 5.92 Å². The standard InChI is InChI=1S/C31H41ClN2O9/c1-8-26(36)42-24-15-25(35)34(5)20-13-19(14-21(39-6)27(20)32)12-17(2)10-9-11-23(40-7)31(38)16-22(41-29(37)33-31)18(3)28-30(24,4)43-28/h9-11,13-14,18,22-24,28,38H,8,12,15-16H2,1-7H3,(H,33,37)/b11-9+,17-10+/t18-,22-,23+,24-,28-,30+,31-/m0/s1. The molecule has 0 spiro atoms. The van der Waals surface area contributed by atoms with Crippen molar-refractivity contribution in [1.29, 1.82) is 0 Å². The predicted octanol–water partition coefficient (Wildman–Crippen LogP) is 4.08. The number of allylic oxidation sites excluding steroid dienone is 3. The van der Waals surface area contributed by atoms with E-state index >= 15 is 0 Å². The highest BCUT2D eigenvalue weighted by atomic mass is 35.5. The maximum atomic E-state index is 13.7. The van der Waals surface area contributed by atoms with E-state index in [9.17, 15) is 19.5 Å². The second-order valence-corrected chi connectivity index (χ2v) is 12.0. The van der Waals surface area contributed by atoms with Gasteiger partial charge in [-0.1, -0.05) is 49.2 Å². The molecule has 12 heteroatoms. The molecular weight excluding hydrogens is 580 g/mol. The van der Waals surface area contributed by atoms with Crippen molar-refractivity contribution in [3.05, 3.63) is 46.5 Å². The number of amides is 2. The Labute approximate surface area is 257 Å². The van der Waals surface area contributed by atoms with Crippen molar-refractivity contribution in [2.75, 3.05) is 26.2 Å². The SMILES string of the molecule is CCC(=O)O[C@H]1CC(=O)N(C)c2cc(cc(OC)c2Cl)C/C(C)=C/C=C/[C@@H](OC)[C@@]2(O)C[C@H](OC(=O)N2)[C@H](C)[C@@H]2O[C@]12C. The summed E-state index contributed by atoms with van der Waals surface area (Å²) in [6.07, 6.45) is 1.81. The summed E-state index contributed by atoms with van der Waals surface area (Å²) < 4.78 is 28.6. The third-order valence-corrected chi connectivity index (χ3v) is 8.89. The molecule has 3 aliphatic heterocycles. The van der Waals surface area contributed by atoms with Crippen LogP contribution in [0.3, 0.4) is 0 Å². The van der Waals surface area contributed by atoms with Crippen molar-refractivity contribution in [3.8, 4) is 5.75 Å². The lowest BCUT2D eigenvalue weighted by Gasteiger charge is -2.42. The maximum Gasteiger partial charge on any atom is 0.409 e. The molecule has 0 radical (unpaired) electrons. The number of carbonyl (C=O) groups excluding carboxylic acids is 3. The Hall–Kier alpha value is -3.12. The zero-order valence-corrected chi connectivity index (χ0v) is 26.4. The number of rotatable bonds is 4. The fourth-order valence-corrected chi connectivity index (χ4v) is 6.16. The van der Waals surface area contributed by atoms with Crippen LogP contribution in [0, 0.1) is 5.92 Å². The molecule has 2 N–H and O–H groups in total. The molecule has 1 aromatic rings. The Morgan fingerprint density at radius 1 is 1.28 bits per heavy atom. The van der Waals surface area contributed by atoms with E-state index in [4.69, 9.17) is 35.3 Å². The predicted molar refractivity (Wildman–Crippen MR) is 159 cm³/mol. The second kappa shape index (κ2) is 12.9. The highest BCUT2D eigenvalue weighted by Gasteiger charge is 2.64. The Morgan fingerprint density at radius 3 is 2.65 bits per heavy atom. The number of alkyl carbamates (subject to hydrolysis) is 1. The van der Waals surface area contributed by atoms with E-state index in [1.165, 1.54) is 19.1 Å². The van der Waals surface area contributed by atoms with Gasteiger partial charge in [-0.15, -0.1) is 0 Å². The first-order chi connectivity index (χ1) is 20.3. The lowest BCUT2D eigenvalue weighted by molar-refractivity contribution is -0.153. The normalized spacial score (nSPS) is 35.0. The maximum absolute atomic E-state index is 13.7. The minimum atomic E-state index is -1.76. The molecule has 236 valence electrons. The van der Waals surface area contributed by atoms with Gasteiger partial charge in [-0.3, -0.25) is 14.9 Å². The minimum Gasteiger partial charge on any atom is -0.495 e. The van der Waals surface area contributed by atoms with E-state index in [-0.39, 0.29) is 30.2 Å². The minimum absolute atomic E-state index is 0.00655. The number of fused-ring (bicyclic) bond motifs is 5. The molecule has 43 heavy (non-hydrogen) atoms. The molecule has 0 unspecified atom stereocenters. The van der Waals surface area contributed by atoms with Crippen molar-refractivity contribution >= 4 is 35.3 Å². The molecule has 2 fully saturated rings. The highest BCUT2D eigenvalue weighted by Crippen LogP contribution is 2.49. The molecule has 3 heterocycles. The van der Waals surface area contributed by atoms with Crippen LogP contribution in [0.4, 0.5) is 10.5 Å². The monoisotopic (exact) mass is 620 g/mol. The summed E-state index contributed by atoms with van der Waals surface area (Å²) in [5, 5.41) is 14.3. The third kappa shape index (κ3) is 6.85. The van der Waals surface area contributed by atoms with Crippen LogP contribution < -0.4 is 15.0 Å². The number of carbonyl (C=O) groups is 3. The number of anilines is 1. The Kier molecular flexibility index (Phi) is 9.80. The third-order valence-electron chi connectivity index (χ3n) is 8.51. The molecule has 2 amide bonds. The number of nitrogens with zero attached hydrogens (tertiary/aromatic N) is 1. The molecule has 4 rings (SSSR count). The second-order valence-electron chi connectivity index (χ2n) is 11.6. The van der Waals surface area contributed by atoms with E-state index < -0.39 is 53.7 Å². The lowest BCUT2D eigenvalue weighted by atomic mass is 9.83. The number of esters is 1. The fourth-order valence-electron chi connectivity index (χ4n) is 5.85. The zero-order chi connectivity index (χ0) is 31.7. The zero-order valence-electron chi connectivity index (χ0n) is 25.6. The summed E-state index contributed by atoms with van der Waals surface area (Å²) in [6, 6.07) is 3.63. The number of nitrogens with one attached hydrogen (secondary N) is 1. The molecular formula is C31H41ClN2O9. The molecule has 11 nitrogen and oxygen atoms in total. The first kappa shape index (κ1) is 32.8. The van der Waals surface area contributed by atoms with Crippen LogP contribution in [-0.4, -0.2) is 80.1 Å². The Balaban J connectivity index is 1.79. The summed E-state index contributed by atoms with van der Waals surface area (Å²) in [5.41, 5.74) is -0.564. The molecule has 0 saturated carbocycles. The van der Waals surface area contributed by atoms with Gasteiger partial charge in [0.15, 0.2) is 5.72 Å². The van der Waals surface area contributed by atoms with Gasteiger partial charge >= 0.3 is 12.1 Å². The first-order valence-corrected chi connectivity index (χ1v) is 14.7. The van der Waals surface area contributed by atoms with E-state index in [1.807, 2.05) is 32.1 Å². The Morgan fingerprint density at radius 2 is 2.00 bits per heavy atom. The number of hydrogen-bond donors (Lipinski definition) is 2. The van der Waals surface area contributed by atoms with Crippen molar-refractivity contribution in [1.82, 2.24) is 5.32 Å². The highest BCUT2D eigenvalue weighted by molar-refractivity contribution is 6.35. The lowest BCUT2D eigenvalue weighted by Crippen LogP contribution is -2.63. The van der Waals surface area contributed by atoms with Gasteiger partial charge in [-0.2, -0.15) is 0 Å². The number of epoxide rings is 1. The van der Waals surface area contributed by atoms with Gasteiger partial charge in [0.25, 0.3) is 0 Å². The van der Waals surface area contributed by atoms with Crippen LogP contribution in [0.1, 0.15) is 52.5 Å². The molecule has 0 aliphatic carbocycles. The van der Waals surface area contributed by atoms with Crippen molar-refractivity contribution < 1.29 is 43.2 Å². The fraction of sp³-hybridized carbons (Fsp3) is 0.581. The van der Waals surface area contributed by atoms with Crippen LogP contribution >= 0.6 is 11.6 Å². The number of methoxy groups -OCH3 is 2. The van der Waals surface area contributed by atoms with Gasteiger partial charge in [-0.05, 0) is 38.0 Å². The largest absolute Gasteiger partial charge is 0.495 e. The van der Waals surface area contributed by atoms with Crippen LogP contribution in [0.5, 0.6) is 5.75 Å². The van der Waals surface area contributed by atoms with Crippen LogP contribution in [0.2, 0.25) is 5.02 Å². The van der Waals surface area contributed by atoms with Crippen molar-refractivity contribution in [2.45, 2.75) is 89.1 Å². The summed E-state index contributed by atoms with van der Waals surface area (Å²) in [5.74, 6) is -0.854. The van der Waals surface area contributed by atoms with E-state index in [0.29, 0.717) is 17.9 Å². The quantitative estimate of drug-likeness (QED) is 0.377. The molecule has 4 bridgehead atoms. The number of ether oxygens (including phenoxy) is 5. The van der Waals surface area contributed by atoms with Crippen LogP contribution in [0.15, 0.2) is 35.9 Å². The van der Waals surface area contributed by atoms with Gasteiger partial charge in [0.1, 0.15) is 34.7 Å². The summed E-state index contributed by atoms with van der Waals surface area (Å²) in [7, 11) is 4.56. The number of aliphatic hydroxyl groups is 1. The van der Waals surface area contributed by atoms with Crippen molar-refractivity contribution in [3.63, 3.8) is 0 Å². The smallest absolute Gasteiger partial charge is 0.409 e. The topological polar surface area (TPSA) is 136 Å². The molecule has 1 aromatic carbocycles. The van der Waals surface area contributed by atoms with Gasteiger partial charge in [0.05, 0.1) is 25.3 Å². The number of halogens is 1. The van der Waals surface area contributed by atoms with Gasteiger partial charge in [0, 0.05) is 32.9 Å². The van der Waals surface area contributed by atoms with E-state index in [1.54, 1.807) is 33.0 Å². The average molecular weight is 621 g/mol. The molecule has 2 saturated heterocycles. The number of hydrogen-bond acceptors (Lipinski definition) is 9. The van der Waals surface area contributed by atoms with Gasteiger partial charge in [0.2, 0.25) is 5.91 Å². The van der Waals surface area contributed by atoms with Crippen LogP contribution in [0.25, 0.3) is 0 Å². The molecule has 0 aromatic heterocycles. The van der Waals surface area contributed by atoms with Crippen LogP contribution in [-0.2, 0) is 35.0 Å². The van der Waals surface area contributed by atoms with Gasteiger partial charge in [-0.25, -0.2) is 4.79 Å². The summed E-state index contributed by atoms with van der Waals surface area (Å²) in [4.78, 5) is 40.2. The first-order valence-electron chi connectivity index (χ1n) is 14.3. The summed E-state index contributed by atoms with van der Waals surface area (Å²) in [6.45, 7) is 7.20. The number of benzene rings is 1. The molecule has 7 atom stereocenters. The molecule has 3 aliphatic rings. The average Bonchev–Trinajstić information content (AvgIpc) is 3.66. The van der Waals surface area contributed by atoms with E-state index in [0.717, 1.165) is 11.1 Å². The van der Waals surface area contributed by atoms with E-state index in [2.05, 4.69) is 5.32 Å². The van der Waals surface area contributed by atoms with Gasteiger partial charge < -0.3 is 33.7 Å². The summed E-state index contributed by atoms with van der Waals surface area (Å²) >= 11 is 6.66.